The van der Waals surface area contributed by atoms with Crippen LogP contribution >= 0.6 is 15.9 Å². The molecule has 0 saturated carbocycles. The van der Waals surface area contributed by atoms with Crippen LogP contribution in [0.5, 0.6) is 5.75 Å². The summed E-state index contributed by atoms with van der Waals surface area (Å²) >= 11 is 3.44. The summed E-state index contributed by atoms with van der Waals surface area (Å²) in [6.07, 6.45) is 0. The molecule has 0 amide bonds. The maximum absolute atomic E-state index is 11.7. The number of hydrogen-bond donors (Lipinski definition) is 1. The highest BCUT2D eigenvalue weighted by Crippen LogP contribution is 2.30. The molecule has 0 fully saturated rings. The molecule has 2 N–H and O–H groups in total. The molecule has 0 saturated heterocycles. The van der Waals surface area contributed by atoms with Crippen LogP contribution in [0.2, 0.25) is 0 Å². The number of aryl methyl sites for hydroxylation is 2. The minimum Gasteiger partial charge on any atom is -0.487 e. The van der Waals surface area contributed by atoms with E-state index >= 15 is 0 Å². The van der Waals surface area contributed by atoms with E-state index < -0.39 is 10.0 Å². The van der Waals surface area contributed by atoms with Crippen molar-refractivity contribution in [1.82, 2.24) is 0 Å². The van der Waals surface area contributed by atoms with Gasteiger partial charge in [0.25, 0.3) is 0 Å². The van der Waals surface area contributed by atoms with Crippen molar-refractivity contribution in [2.24, 2.45) is 5.14 Å². The number of sulfonamides is 1. The molecule has 112 valence electrons. The van der Waals surface area contributed by atoms with Crippen LogP contribution in [0.25, 0.3) is 0 Å². The first-order valence-electron chi connectivity index (χ1n) is 6.29. The Kier molecular flexibility index (Phi) is 4.70. The SMILES string of the molecule is Cc1cc(C)c(OCc2ccccc2Br)c(S(N)(=O)=O)c1. The first-order valence-corrected chi connectivity index (χ1v) is 8.63. The van der Waals surface area contributed by atoms with Crippen LogP contribution in [-0.4, -0.2) is 8.42 Å². The second-order valence-electron chi connectivity index (χ2n) is 4.83. The number of benzene rings is 2. The maximum Gasteiger partial charge on any atom is 0.241 e. The first-order chi connectivity index (χ1) is 9.79. The van der Waals surface area contributed by atoms with Gasteiger partial charge >= 0.3 is 0 Å². The third-order valence-electron chi connectivity index (χ3n) is 3.02. The van der Waals surface area contributed by atoms with Crippen LogP contribution in [0.15, 0.2) is 45.8 Å². The van der Waals surface area contributed by atoms with E-state index in [9.17, 15) is 8.42 Å². The van der Waals surface area contributed by atoms with Gasteiger partial charge in [-0.1, -0.05) is 40.2 Å². The van der Waals surface area contributed by atoms with Crippen molar-refractivity contribution < 1.29 is 13.2 Å². The maximum atomic E-state index is 11.7. The van der Waals surface area contributed by atoms with Gasteiger partial charge in [-0.15, -0.1) is 0 Å². The Bertz CT molecular complexity index is 772. The molecule has 4 nitrogen and oxygen atoms in total. The summed E-state index contributed by atoms with van der Waals surface area (Å²) in [5.41, 5.74) is 2.49. The van der Waals surface area contributed by atoms with E-state index in [1.807, 2.05) is 37.3 Å². The van der Waals surface area contributed by atoms with Crippen LogP contribution in [0.4, 0.5) is 0 Å². The van der Waals surface area contributed by atoms with Gasteiger partial charge in [-0.05, 0) is 37.1 Å². The summed E-state index contributed by atoms with van der Waals surface area (Å²) in [6, 6.07) is 11.0. The molecular formula is C15H16BrNO3S. The van der Waals surface area contributed by atoms with Crippen LogP contribution < -0.4 is 9.88 Å². The predicted molar refractivity (Wildman–Crippen MR) is 85.8 cm³/mol. The van der Waals surface area contributed by atoms with Crippen molar-refractivity contribution >= 4 is 26.0 Å². The van der Waals surface area contributed by atoms with Gasteiger partial charge in [0.2, 0.25) is 10.0 Å². The molecule has 0 aliphatic rings. The van der Waals surface area contributed by atoms with E-state index in [1.54, 1.807) is 6.92 Å². The van der Waals surface area contributed by atoms with E-state index in [4.69, 9.17) is 9.88 Å². The zero-order chi connectivity index (χ0) is 15.6. The second-order valence-corrected chi connectivity index (χ2v) is 7.22. The van der Waals surface area contributed by atoms with Gasteiger partial charge < -0.3 is 4.74 Å². The van der Waals surface area contributed by atoms with Gasteiger partial charge in [-0.3, -0.25) is 0 Å². The molecule has 2 rings (SSSR count). The van der Waals surface area contributed by atoms with E-state index in [0.29, 0.717) is 5.75 Å². The van der Waals surface area contributed by atoms with E-state index in [-0.39, 0.29) is 11.5 Å². The highest BCUT2D eigenvalue weighted by molar-refractivity contribution is 9.10. The summed E-state index contributed by atoms with van der Waals surface area (Å²) in [5.74, 6) is 0.304. The van der Waals surface area contributed by atoms with E-state index in [1.165, 1.54) is 6.07 Å². The average Bonchev–Trinajstić information content (AvgIpc) is 2.37. The number of halogens is 1. The number of ether oxygens (including phenoxy) is 1. The fourth-order valence-electron chi connectivity index (χ4n) is 2.08. The summed E-state index contributed by atoms with van der Waals surface area (Å²) in [7, 11) is -3.83. The molecule has 0 aromatic heterocycles. The zero-order valence-electron chi connectivity index (χ0n) is 11.8. The number of hydrogen-bond acceptors (Lipinski definition) is 3. The van der Waals surface area contributed by atoms with Gasteiger partial charge in [0.1, 0.15) is 17.3 Å². The van der Waals surface area contributed by atoms with Gasteiger partial charge in [0, 0.05) is 10.0 Å². The lowest BCUT2D eigenvalue weighted by Crippen LogP contribution is -2.15. The second kappa shape index (κ2) is 6.17. The molecule has 0 aliphatic carbocycles. The van der Waals surface area contributed by atoms with Crippen molar-refractivity contribution in [1.29, 1.82) is 0 Å². The molecule has 0 atom stereocenters. The fraction of sp³-hybridized carbons (Fsp3) is 0.200. The molecule has 2 aromatic carbocycles. The fourth-order valence-corrected chi connectivity index (χ4v) is 3.30. The Morgan fingerprint density at radius 1 is 1.19 bits per heavy atom. The molecule has 0 bridgehead atoms. The highest BCUT2D eigenvalue weighted by atomic mass is 79.9. The smallest absolute Gasteiger partial charge is 0.241 e. The molecule has 0 heterocycles. The molecule has 0 radical (unpaired) electrons. The molecule has 2 aromatic rings. The van der Waals surface area contributed by atoms with Gasteiger partial charge in [0.05, 0.1) is 0 Å². The van der Waals surface area contributed by atoms with Crippen molar-refractivity contribution in [3.63, 3.8) is 0 Å². The lowest BCUT2D eigenvalue weighted by Gasteiger charge is -2.14. The van der Waals surface area contributed by atoms with Gasteiger partial charge in [-0.25, -0.2) is 13.6 Å². The third-order valence-corrected chi connectivity index (χ3v) is 4.71. The van der Waals surface area contributed by atoms with Gasteiger partial charge in [-0.2, -0.15) is 0 Å². The molecule has 21 heavy (non-hydrogen) atoms. The quantitative estimate of drug-likeness (QED) is 0.898. The third kappa shape index (κ3) is 3.84. The van der Waals surface area contributed by atoms with Crippen molar-refractivity contribution in [2.45, 2.75) is 25.3 Å². The van der Waals surface area contributed by atoms with E-state index in [0.717, 1.165) is 21.2 Å². The standard InChI is InChI=1S/C15H16BrNO3S/c1-10-7-11(2)15(14(8-10)21(17,18)19)20-9-12-5-3-4-6-13(12)16/h3-8H,9H2,1-2H3,(H2,17,18,19). The number of rotatable bonds is 4. The van der Waals surface area contributed by atoms with Gasteiger partial charge in [0.15, 0.2) is 0 Å². The average molecular weight is 370 g/mol. The number of nitrogens with two attached hydrogens (primary N) is 1. The lowest BCUT2D eigenvalue weighted by molar-refractivity contribution is 0.295. The molecule has 0 unspecified atom stereocenters. The Morgan fingerprint density at radius 3 is 2.48 bits per heavy atom. The minimum atomic E-state index is -3.83. The summed E-state index contributed by atoms with van der Waals surface area (Å²) < 4.78 is 30.1. The normalized spacial score (nSPS) is 11.4. The Morgan fingerprint density at radius 2 is 1.86 bits per heavy atom. The van der Waals surface area contributed by atoms with Crippen LogP contribution in [0.1, 0.15) is 16.7 Å². The number of primary sulfonamides is 1. The van der Waals surface area contributed by atoms with Crippen LogP contribution in [0, 0.1) is 13.8 Å². The van der Waals surface area contributed by atoms with Crippen LogP contribution in [-0.2, 0) is 16.6 Å². The van der Waals surface area contributed by atoms with Crippen molar-refractivity contribution in [3.8, 4) is 5.75 Å². The summed E-state index contributed by atoms with van der Waals surface area (Å²) in [6.45, 7) is 3.88. The largest absolute Gasteiger partial charge is 0.487 e. The zero-order valence-corrected chi connectivity index (χ0v) is 14.2. The predicted octanol–water partition coefficient (Wildman–Crippen LogP) is 3.29. The molecule has 6 heteroatoms. The van der Waals surface area contributed by atoms with Crippen molar-refractivity contribution in [2.75, 3.05) is 0 Å². The molecule has 0 spiro atoms. The molecular weight excluding hydrogens is 354 g/mol. The first kappa shape index (κ1) is 16.0. The summed E-state index contributed by atoms with van der Waals surface area (Å²) in [4.78, 5) is 0.0204. The Balaban J connectivity index is 2.39. The Labute approximate surface area is 133 Å². The minimum absolute atomic E-state index is 0.0204. The molecule has 0 aliphatic heterocycles. The summed E-state index contributed by atoms with van der Waals surface area (Å²) in [5, 5.41) is 5.28. The van der Waals surface area contributed by atoms with E-state index in [2.05, 4.69) is 15.9 Å². The van der Waals surface area contributed by atoms with Crippen molar-refractivity contribution in [3.05, 3.63) is 57.6 Å². The van der Waals surface area contributed by atoms with Crippen LogP contribution in [0.3, 0.4) is 0 Å². The Hall–Kier alpha value is -1.37. The monoisotopic (exact) mass is 369 g/mol. The topological polar surface area (TPSA) is 69.4 Å². The highest BCUT2D eigenvalue weighted by Gasteiger charge is 2.18. The lowest BCUT2D eigenvalue weighted by atomic mass is 10.1.